The first kappa shape index (κ1) is 16.1. The summed E-state index contributed by atoms with van der Waals surface area (Å²) in [5.41, 5.74) is 3.70. The Bertz CT molecular complexity index is 786. The van der Waals surface area contributed by atoms with Gasteiger partial charge in [0.1, 0.15) is 5.75 Å². The summed E-state index contributed by atoms with van der Waals surface area (Å²) in [4.78, 5) is 25.9. The number of hydrogen-bond donors (Lipinski definition) is 1. The summed E-state index contributed by atoms with van der Waals surface area (Å²) in [7, 11) is 0. The molecule has 0 bridgehead atoms. The van der Waals surface area contributed by atoms with Crippen LogP contribution >= 0.6 is 0 Å². The number of amides is 2. The molecule has 1 N–H and O–H groups in total. The van der Waals surface area contributed by atoms with E-state index < -0.39 is 0 Å². The van der Waals surface area contributed by atoms with Crippen LogP contribution in [-0.4, -0.2) is 25.0 Å². The third-order valence-corrected chi connectivity index (χ3v) is 4.03. The first-order chi connectivity index (χ1) is 11.5. The number of hydrogen-bond acceptors (Lipinski definition) is 3. The van der Waals surface area contributed by atoms with Gasteiger partial charge in [0.2, 0.25) is 5.91 Å². The fraction of sp³-hybridized carbons (Fsp3) is 0.263. The largest absolute Gasteiger partial charge is 0.482 e. The van der Waals surface area contributed by atoms with E-state index in [1.165, 1.54) is 0 Å². The maximum absolute atomic E-state index is 12.2. The van der Waals surface area contributed by atoms with Crippen molar-refractivity contribution >= 4 is 23.2 Å². The molecule has 0 fully saturated rings. The lowest BCUT2D eigenvalue weighted by Gasteiger charge is -2.29. The molecule has 5 heteroatoms. The lowest BCUT2D eigenvalue weighted by Crippen LogP contribution is -2.40. The highest BCUT2D eigenvalue weighted by atomic mass is 16.5. The average Bonchev–Trinajstić information content (AvgIpc) is 2.56. The number of rotatable bonds is 4. The topological polar surface area (TPSA) is 58.6 Å². The van der Waals surface area contributed by atoms with Crippen LogP contribution in [0.3, 0.4) is 0 Å². The summed E-state index contributed by atoms with van der Waals surface area (Å²) in [5.74, 6) is 0.429. The highest BCUT2D eigenvalue weighted by Gasteiger charge is 2.25. The standard InChI is InChI=1S/C19H20N2O3/c1-13-7-8-15(14(2)11-13)20-18(22)9-10-21-16-5-3-4-6-17(16)24-12-19(21)23/h3-8,11H,9-10,12H2,1-2H3,(H,20,22). The quantitative estimate of drug-likeness (QED) is 0.940. The Kier molecular flexibility index (Phi) is 4.51. The van der Waals surface area contributed by atoms with E-state index in [9.17, 15) is 9.59 Å². The maximum Gasteiger partial charge on any atom is 0.265 e. The van der Waals surface area contributed by atoms with Crippen LogP contribution in [0, 0.1) is 13.8 Å². The Morgan fingerprint density at radius 2 is 2.00 bits per heavy atom. The molecular weight excluding hydrogens is 304 g/mol. The maximum atomic E-state index is 12.2. The van der Waals surface area contributed by atoms with Crippen molar-refractivity contribution in [3.8, 4) is 5.75 Å². The summed E-state index contributed by atoms with van der Waals surface area (Å²) in [5, 5.41) is 2.91. The number of nitrogens with one attached hydrogen (secondary N) is 1. The van der Waals surface area contributed by atoms with Gasteiger partial charge in [-0.3, -0.25) is 9.59 Å². The van der Waals surface area contributed by atoms with Crippen LogP contribution in [0.4, 0.5) is 11.4 Å². The zero-order chi connectivity index (χ0) is 17.1. The van der Waals surface area contributed by atoms with Crippen molar-refractivity contribution in [3.05, 3.63) is 53.6 Å². The highest BCUT2D eigenvalue weighted by Crippen LogP contribution is 2.31. The first-order valence-corrected chi connectivity index (χ1v) is 7.94. The molecule has 3 rings (SSSR count). The molecule has 124 valence electrons. The van der Waals surface area contributed by atoms with E-state index in [1.54, 1.807) is 4.90 Å². The lowest BCUT2D eigenvalue weighted by atomic mass is 10.1. The second-order valence-corrected chi connectivity index (χ2v) is 5.92. The molecule has 2 aromatic carbocycles. The molecule has 0 radical (unpaired) electrons. The van der Waals surface area contributed by atoms with Crippen molar-refractivity contribution in [1.82, 2.24) is 0 Å². The molecule has 2 amide bonds. The number of carbonyl (C=O) groups is 2. The highest BCUT2D eigenvalue weighted by molar-refractivity contribution is 5.99. The van der Waals surface area contributed by atoms with Gasteiger partial charge in [0.15, 0.2) is 6.61 Å². The number of fused-ring (bicyclic) bond motifs is 1. The van der Waals surface area contributed by atoms with Crippen LogP contribution in [0.25, 0.3) is 0 Å². The van der Waals surface area contributed by atoms with Gasteiger partial charge in [0.25, 0.3) is 5.91 Å². The Labute approximate surface area is 141 Å². The smallest absolute Gasteiger partial charge is 0.265 e. The Morgan fingerprint density at radius 1 is 1.21 bits per heavy atom. The van der Waals surface area contributed by atoms with Gasteiger partial charge >= 0.3 is 0 Å². The molecule has 5 nitrogen and oxygen atoms in total. The third kappa shape index (κ3) is 3.40. The number of para-hydroxylation sites is 2. The normalized spacial score (nSPS) is 13.2. The second-order valence-electron chi connectivity index (χ2n) is 5.92. The van der Waals surface area contributed by atoms with Gasteiger partial charge in [0.05, 0.1) is 5.69 Å². The van der Waals surface area contributed by atoms with E-state index in [2.05, 4.69) is 5.32 Å². The van der Waals surface area contributed by atoms with E-state index in [0.717, 1.165) is 16.8 Å². The van der Waals surface area contributed by atoms with Gasteiger partial charge in [-0.1, -0.05) is 29.8 Å². The predicted octanol–water partition coefficient (Wildman–Crippen LogP) is 3.06. The molecule has 0 saturated heterocycles. The number of ether oxygens (including phenoxy) is 1. The molecule has 0 saturated carbocycles. The summed E-state index contributed by atoms with van der Waals surface area (Å²) in [6, 6.07) is 13.3. The SMILES string of the molecule is Cc1ccc(NC(=O)CCN2C(=O)COc3ccccc32)c(C)c1. The van der Waals surface area contributed by atoms with Gasteiger partial charge in [0, 0.05) is 18.7 Å². The Hall–Kier alpha value is -2.82. The number of carbonyl (C=O) groups excluding carboxylic acids is 2. The van der Waals surface area contributed by atoms with E-state index in [0.29, 0.717) is 18.0 Å². The van der Waals surface area contributed by atoms with Crippen molar-refractivity contribution in [2.75, 3.05) is 23.4 Å². The van der Waals surface area contributed by atoms with Crippen molar-refractivity contribution in [2.24, 2.45) is 0 Å². The number of nitrogens with zero attached hydrogens (tertiary/aromatic N) is 1. The Morgan fingerprint density at radius 3 is 2.79 bits per heavy atom. The van der Waals surface area contributed by atoms with E-state index >= 15 is 0 Å². The van der Waals surface area contributed by atoms with Crippen LogP contribution in [0.1, 0.15) is 17.5 Å². The first-order valence-electron chi connectivity index (χ1n) is 7.94. The summed E-state index contributed by atoms with van der Waals surface area (Å²) < 4.78 is 5.40. The Balaban J connectivity index is 1.65. The number of anilines is 2. The molecule has 1 aliphatic heterocycles. The van der Waals surface area contributed by atoms with Gasteiger partial charge in [-0.25, -0.2) is 0 Å². The molecule has 0 aromatic heterocycles. The van der Waals surface area contributed by atoms with Gasteiger partial charge < -0.3 is 15.0 Å². The molecule has 0 atom stereocenters. The number of aryl methyl sites for hydroxylation is 2. The van der Waals surface area contributed by atoms with Crippen molar-refractivity contribution in [2.45, 2.75) is 20.3 Å². The van der Waals surface area contributed by atoms with Gasteiger partial charge in [-0.15, -0.1) is 0 Å². The molecule has 24 heavy (non-hydrogen) atoms. The van der Waals surface area contributed by atoms with Crippen molar-refractivity contribution < 1.29 is 14.3 Å². The fourth-order valence-corrected chi connectivity index (χ4v) is 2.78. The third-order valence-electron chi connectivity index (χ3n) is 4.03. The molecule has 2 aromatic rings. The molecule has 1 heterocycles. The molecule has 1 aliphatic rings. The summed E-state index contributed by atoms with van der Waals surface area (Å²) in [6.45, 7) is 4.32. The minimum absolute atomic E-state index is 0.00963. The van der Waals surface area contributed by atoms with Crippen LogP contribution in [0.5, 0.6) is 5.75 Å². The monoisotopic (exact) mass is 324 g/mol. The van der Waals surface area contributed by atoms with E-state index in [4.69, 9.17) is 4.74 Å². The summed E-state index contributed by atoms with van der Waals surface area (Å²) >= 11 is 0. The van der Waals surface area contributed by atoms with Crippen molar-refractivity contribution in [1.29, 1.82) is 0 Å². The minimum Gasteiger partial charge on any atom is -0.482 e. The molecule has 0 aliphatic carbocycles. The zero-order valence-corrected chi connectivity index (χ0v) is 13.8. The molecule has 0 spiro atoms. The van der Waals surface area contributed by atoms with Gasteiger partial charge in [-0.2, -0.15) is 0 Å². The number of benzene rings is 2. The van der Waals surface area contributed by atoms with Crippen LogP contribution in [-0.2, 0) is 9.59 Å². The predicted molar refractivity (Wildman–Crippen MR) is 93.5 cm³/mol. The van der Waals surface area contributed by atoms with Crippen LogP contribution < -0.4 is 15.0 Å². The average molecular weight is 324 g/mol. The molecule has 0 unspecified atom stereocenters. The lowest BCUT2D eigenvalue weighted by molar-refractivity contribution is -0.121. The molecular formula is C19H20N2O3. The minimum atomic E-state index is -0.131. The van der Waals surface area contributed by atoms with Crippen molar-refractivity contribution in [3.63, 3.8) is 0 Å². The van der Waals surface area contributed by atoms with Gasteiger partial charge in [-0.05, 0) is 37.6 Å². The van der Waals surface area contributed by atoms with E-state index in [1.807, 2.05) is 56.3 Å². The van der Waals surface area contributed by atoms with E-state index in [-0.39, 0.29) is 24.8 Å². The van der Waals surface area contributed by atoms with Crippen LogP contribution in [0.2, 0.25) is 0 Å². The zero-order valence-electron chi connectivity index (χ0n) is 13.8. The second kappa shape index (κ2) is 6.74. The summed E-state index contributed by atoms with van der Waals surface area (Å²) in [6.07, 6.45) is 0.230. The fourth-order valence-electron chi connectivity index (χ4n) is 2.78. The van der Waals surface area contributed by atoms with Crippen LogP contribution in [0.15, 0.2) is 42.5 Å².